The van der Waals surface area contributed by atoms with E-state index in [0.29, 0.717) is 56.1 Å². The van der Waals surface area contributed by atoms with E-state index in [0.717, 1.165) is 12.1 Å². The van der Waals surface area contributed by atoms with E-state index < -0.39 is 0 Å². The van der Waals surface area contributed by atoms with Gasteiger partial charge in [-0.1, -0.05) is 12.1 Å². The first-order chi connectivity index (χ1) is 16.3. The van der Waals surface area contributed by atoms with E-state index in [1.807, 2.05) is 23.9 Å². The summed E-state index contributed by atoms with van der Waals surface area (Å²) < 4.78 is 23.9. The number of halogens is 1. The van der Waals surface area contributed by atoms with Crippen LogP contribution in [0.15, 0.2) is 42.5 Å². The molecule has 0 spiro atoms. The lowest BCUT2D eigenvalue weighted by Crippen LogP contribution is -2.45. The van der Waals surface area contributed by atoms with E-state index >= 15 is 0 Å². The maximum Gasteiger partial charge on any atom is 0.254 e. The third-order valence-electron chi connectivity index (χ3n) is 6.15. The van der Waals surface area contributed by atoms with Gasteiger partial charge in [0.1, 0.15) is 17.3 Å². The van der Waals surface area contributed by atoms with Crippen LogP contribution >= 0.6 is 0 Å². The molecular weight excluding hydrogens is 437 g/mol. The minimum atomic E-state index is -0.291. The highest BCUT2D eigenvalue weighted by molar-refractivity contribution is 5.95. The molecule has 7 nitrogen and oxygen atoms in total. The second-order valence-corrected chi connectivity index (χ2v) is 8.86. The van der Waals surface area contributed by atoms with E-state index in [-0.39, 0.29) is 23.5 Å². The topological polar surface area (TPSA) is 62.3 Å². The fourth-order valence-electron chi connectivity index (χ4n) is 4.10. The Hall–Kier alpha value is -3.13. The average molecular weight is 472 g/mol. The third-order valence-corrected chi connectivity index (χ3v) is 6.15. The van der Waals surface area contributed by atoms with Crippen molar-refractivity contribution in [1.82, 2.24) is 14.7 Å². The number of hydrogen-bond donors (Lipinski definition) is 0. The van der Waals surface area contributed by atoms with E-state index in [1.165, 1.54) is 12.1 Å². The number of methoxy groups -OCH3 is 2. The van der Waals surface area contributed by atoms with Crippen molar-refractivity contribution in [2.75, 3.05) is 54.5 Å². The van der Waals surface area contributed by atoms with Crippen LogP contribution in [0, 0.1) is 11.7 Å². The zero-order valence-electron chi connectivity index (χ0n) is 20.4. The molecule has 0 unspecified atom stereocenters. The molecule has 2 aromatic rings. The number of ether oxygens (including phenoxy) is 2. The Labute approximate surface area is 201 Å². The molecule has 8 heteroatoms. The number of hydrogen-bond acceptors (Lipinski definition) is 5. The van der Waals surface area contributed by atoms with Gasteiger partial charge in [-0.25, -0.2) is 4.39 Å². The molecule has 3 rings (SSSR count). The quantitative estimate of drug-likeness (QED) is 0.562. The SMILES string of the molecule is COc1cc(OC)cc(C(=O)N2CCC(C(=O)N(CCN(C)C)Cc3ccc(F)cc3)CC2)c1. The Morgan fingerprint density at radius 2 is 1.56 bits per heavy atom. The van der Waals surface area contributed by atoms with Gasteiger partial charge in [0.05, 0.1) is 14.2 Å². The fraction of sp³-hybridized carbons (Fsp3) is 0.462. The number of rotatable bonds is 9. The van der Waals surface area contributed by atoms with Gasteiger partial charge in [0.2, 0.25) is 5.91 Å². The Balaban J connectivity index is 1.65. The molecule has 0 saturated carbocycles. The van der Waals surface area contributed by atoms with Crippen molar-refractivity contribution in [1.29, 1.82) is 0 Å². The van der Waals surface area contributed by atoms with Crippen LogP contribution in [0.4, 0.5) is 4.39 Å². The molecular formula is C26H34FN3O4. The smallest absolute Gasteiger partial charge is 0.254 e. The van der Waals surface area contributed by atoms with Crippen LogP contribution < -0.4 is 9.47 Å². The molecule has 1 heterocycles. The number of likely N-dealkylation sites (tertiary alicyclic amines) is 1. The maximum atomic E-state index is 13.4. The Kier molecular flexibility index (Phi) is 8.87. The molecule has 1 aliphatic rings. The van der Waals surface area contributed by atoms with E-state index in [4.69, 9.17) is 9.47 Å². The van der Waals surface area contributed by atoms with Gasteiger partial charge >= 0.3 is 0 Å². The highest BCUT2D eigenvalue weighted by atomic mass is 19.1. The first kappa shape index (κ1) is 25.5. The summed E-state index contributed by atoms with van der Waals surface area (Å²) >= 11 is 0. The normalized spacial score (nSPS) is 14.2. The van der Waals surface area contributed by atoms with Crippen molar-refractivity contribution in [3.8, 4) is 11.5 Å². The molecule has 2 amide bonds. The summed E-state index contributed by atoms with van der Waals surface area (Å²) in [6, 6.07) is 11.4. The van der Waals surface area contributed by atoms with Crippen molar-refractivity contribution in [3.05, 3.63) is 59.4 Å². The molecule has 0 bridgehead atoms. The molecule has 184 valence electrons. The van der Waals surface area contributed by atoms with Gasteiger partial charge in [-0.2, -0.15) is 0 Å². The predicted octanol–water partition coefficient (Wildman–Crippen LogP) is 3.29. The first-order valence-corrected chi connectivity index (χ1v) is 11.5. The van der Waals surface area contributed by atoms with Crippen molar-refractivity contribution < 1.29 is 23.5 Å². The summed E-state index contributed by atoms with van der Waals surface area (Å²) in [5.74, 6) is 0.669. The molecule has 0 aliphatic carbocycles. The van der Waals surface area contributed by atoms with Gasteiger partial charge in [-0.15, -0.1) is 0 Å². The average Bonchev–Trinajstić information content (AvgIpc) is 2.86. The molecule has 1 fully saturated rings. The Bertz CT molecular complexity index is 950. The summed E-state index contributed by atoms with van der Waals surface area (Å²) in [6.45, 7) is 2.78. The van der Waals surface area contributed by atoms with Gasteiger partial charge in [-0.05, 0) is 56.8 Å². The second-order valence-electron chi connectivity index (χ2n) is 8.86. The lowest BCUT2D eigenvalue weighted by atomic mass is 9.94. The molecule has 1 aliphatic heterocycles. The van der Waals surface area contributed by atoms with Crippen molar-refractivity contribution in [3.63, 3.8) is 0 Å². The lowest BCUT2D eigenvalue weighted by molar-refractivity contribution is -0.137. The van der Waals surface area contributed by atoms with Crippen LogP contribution in [0.25, 0.3) is 0 Å². The third kappa shape index (κ3) is 6.70. The lowest BCUT2D eigenvalue weighted by Gasteiger charge is -2.35. The van der Waals surface area contributed by atoms with Crippen LogP contribution in [0.3, 0.4) is 0 Å². The number of carbonyl (C=O) groups is 2. The van der Waals surface area contributed by atoms with Gasteiger partial charge < -0.3 is 24.2 Å². The van der Waals surface area contributed by atoms with E-state index in [1.54, 1.807) is 49.5 Å². The highest BCUT2D eigenvalue weighted by Crippen LogP contribution is 2.26. The van der Waals surface area contributed by atoms with Crippen LogP contribution in [-0.2, 0) is 11.3 Å². The van der Waals surface area contributed by atoms with Crippen LogP contribution in [0.1, 0.15) is 28.8 Å². The van der Waals surface area contributed by atoms with E-state index in [9.17, 15) is 14.0 Å². The summed E-state index contributed by atoms with van der Waals surface area (Å²) in [5, 5.41) is 0. The standard InChI is InChI=1S/C26H34FN3O4/c1-28(2)13-14-30(18-19-5-7-22(27)8-6-19)25(31)20-9-11-29(12-10-20)26(32)21-15-23(33-3)17-24(16-21)34-4/h5-8,15-17,20H,9-14,18H2,1-4H3. The molecule has 0 atom stereocenters. The number of carbonyl (C=O) groups excluding carboxylic acids is 2. The predicted molar refractivity (Wildman–Crippen MR) is 129 cm³/mol. The van der Waals surface area contributed by atoms with E-state index in [2.05, 4.69) is 0 Å². The molecule has 1 saturated heterocycles. The summed E-state index contributed by atoms with van der Waals surface area (Å²) in [7, 11) is 7.04. The van der Waals surface area contributed by atoms with Crippen molar-refractivity contribution in [2.24, 2.45) is 5.92 Å². The van der Waals surface area contributed by atoms with Crippen LogP contribution in [-0.4, -0.2) is 81.0 Å². The van der Waals surface area contributed by atoms with Gasteiger partial charge in [0.15, 0.2) is 0 Å². The number of amides is 2. The Morgan fingerprint density at radius 3 is 2.09 bits per heavy atom. The van der Waals surface area contributed by atoms with Gasteiger partial charge in [0.25, 0.3) is 5.91 Å². The monoisotopic (exact) mass is 471 g/mol. The molecule has 0 aromatic heterocycles. The first-order valence-electron chi connectivity index (χ1n) is 11.5. The van der Waals surface area contributed by atoms with Gasteiger partial charge in [-0.3, -0.25) is 9.59 Å². The zero-order chi connectivity index (χ0) is 24.7. The second kappa shape index (κ2) is 11.8. The number of nitrogens with zero attached hydrogens (tertiary/aromatic N) is 3. The molecule has 34 heavy (non-hydrogen) atoms. The molecule has 2 aromatic carbocycles. The number of likely N-dealkylation sites (N-methyl/N-ethyl adjacent to an activating group) is 1. The zero-order valence-corrected chi connectivity index (χ0v) is 20.4. The minimum absolute atomic E-state index is 0.0846. The summed E-state index contributed by atoms with van der Waals surface area (Å²) in [5.41, 5.74) is 1.40. The number of piperidine rings is 1. The summed E-state index contributed by atoms with van der Waals surface area (Å²) in [6.07, 6.45) is 1.21. The summed E-state index contributed by atoms with van der Waals surface area (Å²) in [4.78, 5) is 32.1. The Morgan fingerprint density at radius 1 is 0.971 bits per heavy atom. The highest BCUT2D eigenvalue weighted by Gasteiger charge is 2.31. The van der Waals surface area contributed by atoms with Crippen molar-refractivity contribution >= 4 is 11.8 Å². The largest absolute Gasteiger partial charge is 0.497 e. The van der Waals surface area contributed by atoms with Gasteiger partial charge in [0, 0.05) is 50.3 Å². The van der Waals surface area contributed by atoms with Crippen LogP contribution in [0.5, 0.6) is 11.5 Å². The number of benzene rings is 2. The molecule has 0 N–H and O–H groups in total. The minimum Gasteiger partial charge on any atom is -0.497 e. The van der Waals surface area contributed by atoms with Crippen LogP contribution in [0.2, 0.25) is 0 Å². The fourth-order valence-corrected chi connectivity index (χ4v) is 4.10. The maximum absolute atomic E-state index is 13.4. The molecule has 0 radical (unpaired) electrons. The van der Waals surface area contributed by atoms with Crippen molar-refractivity contribution in [2.45, 2.75) is 19.4 Å².